The average Bonchev–Trinajstić information content (AvgIpc) is 2.85. The number of hydrogen-bond donors (Lipinski definition) is 1. The van der Waals surface area contributed by atoms with Crippen molar-refractivity contribution in [2.75, 3.05) is 17.3 Å². The molecule has 6 heteroatoms. The number of aromatic nitrogens is 3. The molecule has 0 radical (unpaired) electrons. The molecule has 4 rings (SSSR count). The molecular formula is C18H20ClN5. The van der Waals surface area contributed by atoms with E-state index in [1.165, 1.54) is 28.5 Å². The predicted octanol–water partition coefficient (Wildman–Crippen LogP) is 4.13. The van der Waals surface area contributed by atoms with Gasteiger partial charge in [-0.25, -0.2) is 9.97 Å². The van der Waals surface area contributed by atoms with Gasteiger partial charge in [0, 0.05) is 36.3 Å². The third kappa shape index (κ3) is 2.15. The van der Waals surface area contributed by atoms with Crippen molar-refractivity contribution in [2.45, 2.75) is 25.9 Å². The molecule has 24 heavy (non-hydrogen) atoms. The minimum absolute atomic E-state index is 0.169. The quantitative estimate of drug-likeness (QED) is 0.676. The first-order valence-electron chi connectivity index (χ1n) is 8.16. The van der Waals surface area contributed by atoms with Gasteiger partial charge in [-0.05, 0) is 12.5 Å². The minimum Gasteiger partial charge on any atom is -0.373 e. The molecule has 1 aliphatic rings. The summed E-state index contributed by atoms with van der Waals surface area (Å²) in [5.74, 6) is 0.837. The van der Waals surface area contributed by atoms with Gasteiger partial charge in [0.05, 0.1) is 12.6 Å². The maximum atomic E-state index is 6.36. The first-order valence-corrected chi connectivity index (χ1v) is 8.54. The highest BCUT2D eigenvalue weighted by atomic mass is 35.5. The number of rotatable bonds is 1. The van der Waals surface area contributed by atoms with Crippen LogP contribution in [-0.4, -0.2) is 21.6 Å². The predicted molar refractivity (Wildman–Crippen MR) is 98.7 cm³/mol. The maximum absolute atomic E-state index is 6.36. The number of nitrogens with zero attached hydrogens (tertiary/aromatic N) is 4. The number of anilines is 2. The number of hydrogen-bond acceptors (Lipinski definition) is 4. The first-order chi connectivity index (χ1) is 11.6. The van der Waals surface area contributed by atoms with Crippen LogP contribution in [0.1, 0.15) is 30.6 Å². The van der Waals surface area contributed by atoms with Crippen molar-refractivity contribution in [3.63, 3.8) is 0 Å². The van der Waals surface area contributed by atoms with Crippen LogP contribution >= 0.6 is 11.6 Å². The summed E-state index contributed by atoms with van der Waals surface area (Å²) in [6.07, 6.45) is 2.47. The third-order valence-electron chi connectivity index (χ3n) is 4.88. The van der Waals surface area contributed by atoms with E-state index in [2.05, 4.69) is 63.0 Å². The van der Waals surface area contributed by atoms with Crippen molar-refractivity contribution >= 4 is 34.0 Å². The normalized spacial score (nSPS) is 17.0. The van der Waals surface area contributed by atoms with E-state index in [0.717, 1.165) is 24.5 Å². The van der Waals surface area contributed by atoms with Gasteiger partial charge in [0.2, 0.25) is 0 Å². The van der Waals surface area contributed by atoms with Gasteiger partial charge in [0.25, 0.3) is 0 Å². The van der Waals surface area contributed by atoms with Crippen LogP contribution in [0.4, 0.5) is 11.5 Å². The lowest BCUT2D eigenvalue weighted by molar-refractivity contribution is 0.699. The molecule has 3 heterocycles. The maximum Gasteiger partial charge on any atom is 0.157 e. The molecule has 1 atom stereocenters. The van der Waals surface area contributed by atoms with Crippen LogP contribution in [0.5, 0.6) is 0 Å². The van der Waals surface area contributed by atoms with E-state index in [9.17, 15) is 0 Å². The molecule has 0 bridgehead atoms. The Morgan fingerprint density at radius 3 is 2.83 bits per heavy atom. The summed E-state index contributed by atoms with van der Waals surface area (Å²) in [5, 5.41) is 5.36. The third-order valence-corrected chi connectivity index (χ3v) is 5.16. The molecule has 1 aromatic carbocycles. The lowest BCUT2D eigenvalue weighted by atomic mass is 9.99. The molecule has 0 saturated heterocycles. The standard InChI is InChI=1S/C18H20ClN5/c1-4-12-15-11-7-5-6-8-13(11)24(3)14(15)9-23(2)18-16(22-12)17(19)20-10-21-18/h5-8,10,12,22H,4,9H2,1-3H3. The molecule has 124 valence electrons. The summed E-state index contributed by atoms with van der Waals surface area (Å²) in [4.78, 5) is 10.7. The summed E-state index contributed by atoms with van der Waals surface area (Å²) in [5.41, 5.74) is 4.71. The lowest BCUT2D eigenvalue weighted by Gasteiger charge is -2.30. The summed E-state index contributed by atoms with van der Waals surface area (Å²) in [6, 6.07) is 8.73. The molecule has 3 aromatic rings. The molecule has 0 amide bonds. The Morgan fingerprint density at radius 2 is 2.04 bits per heavy atom. The van der Waals surface area contributed by atoms with Crippen LogP contribution in [0, 0.1) is 0 Å². The zero-order valence-corrected chi connectivity index (χ0v) is 14.8. The Bertz CT molecular complexity index is 917. The van der Waals surface area contributed by atoms with Gasteiger partial charge in [-0.15, -0.1) is 0 Å². The largest absolute Gasteiger partial charge is 0.373 e. The molecule has 1 aliphatic heterocycles. The van der Waals surface area contributed by atoms with Crippen molar-refractivity contribution < 1.29 is 0 Å². The van der Waals surface area contributed by atoms with E-state index in [4.69, 9.17) is 11.6 Å². The van der Waals surface area contributed by atoms with E-state index in [-0.39, 0.29) is 6.04 Å². The molecule has 2 aromatic heterocycles. The highest BCUT2D eigenvalue weighted by Gasteiger charge is 2.28. The van der Waals surface area contributed by atoms with Crippen LogP contribution in [-0.2, 0) is 13.6 Å². The zero-order valence-electron chi connectivity index (χ0n) is 14.0. The molecular weight excluding hydrogens is 322 g/mol. The Balaban J connectivity index is 1.98. The van der Waals surface area contributed by atoms with E-state index in [1.54, 1.807) is 0 Å². The highest BCUT2D eigenvalue weighted by molar-refractivity contribution is 6.32. The van der Waals surface area contributed by atoms with Gasteiger partial charge in [0.15, 0.2) is 11.0 Å². The van der Waals surface area contributed by atoms with Crippen molar-refractivity contribution in [2.24, 2.45) is 7.05 Å². The smallest absolute Gasteiger partial charge is 0.157 e. The van der Waals surface area contributed by atoms with Gasteiger partial charge in [-0.1, -0.05) is 36.7 Å². The molecule has 1 unspecified atom stereocenters. The van der Waals surface area contributed by atoms with Gasteiger partial charge >= 0.3 is 0 Å². The fourth-order valence-corrected chi connectivity index (χ4v) is 3.86. The second-order valence-corrected chi connectivity index (χ2v) is 6.62. The Kier molecular flexibility index (Phi) is 3.61. The molecule has 0 saturated carbocycles. The second kappa shape index (κ2) is 5.67. The molecule has 0 aliphatic carbocycles. The van der Waals surface area contributed by atoms with Crippen molar-refractivity contribution in [1.82, 2.24) is 14.5 Å². The number of para-hydroxylation sites is 1. The summed E-state index contributed by atoms with van der Waals surface area (Å²) >= 11 is 6.36. The van der Waals surface area contributed by atoms with Crippen LogP contribution in [0.2, 0.25) is 5.15 Å². The van der Waals surface area contributed by atoms with Crippen molar-refractivity contribution in [1.29, 1.82) is 0 Å². The van der Waals surface area contributed by atoms with Gasteiger partial charge in [-0.3, -0.25) is 0 Å². The molecule has 0 fully saturated rings. The molecule has 5 nitrogen and oxygen atoms in total. The second-order valence-electron chi connectivity index (χ2n) is 6.26. The van der Waals surface area contributed by atoms with Crippen LogP contribution in [0.25, 0.3) is 10.9 Å². The van der Waals surface area contributed by atoms with Crippen molar-refractivity contribution in [3.8, 4) is 0 Å². The Labute approximate surface area is 146 Å². The molecule has 1 N–H and O–H groups in total. The molecule has 0 spiro atoms. The fraction of sp³-hybridized carbons (Fsp3) is 0.333. The van der Waals surface area contributed by atoms with Gasteiger partial charge < -0.3 is 14.8 Å². The average molecular weight is 342 g/mol. The van der Waals surface area contributed by atoms with Crippen molar-refractivity contribution in [3.05, 3.63) is 47.0 Å². The zero-order chi connectivity index (χ0) is 16.8. The minimum atomic E-state index is 0.169. The van der Waals surface area contributed by atoms with Crippen LogP contribution in [0.15, 0.2) is 30.6 Å². The number of nitrogens with one attached hydrogen (secondary N) is 1. The number of halogens is 1. The van der Waals surface area contributed by atoms with E-state index in [1.807, 2.05) is 7.05 Å². The van der Waals surface area contributed by atoms with Gasteiger partial charge in [-0.2, -0.15) is 0 Å². The summed E-state index contributed by atoms with van der Waals surface area (Å²) in [6.45, 7) is 2.96. The summed E-state index contributed by atoms with van der Waals surface area (Å²) < 4.78 is 2.29. The van der Waals surface area contributed by atoms with Crippen LogP contribution in [0.3, 0.4) is 0 Å². The Hall–Kier alpha value is -2.27. The van der Waals surface area contributed by atoms with Gasteiger partial charge in [0.1, 0.15) is 12.0 Å². The summed E-state index contributed by atoms with van der Waals surface area (Å²) in [7, 11) is 4.18. The van der Waals surface area contributed by atoms with E-state index in [0.29, 0.717) is 5.15 Å². The van der Waals surface area contributed by atoms with Crippen LogP contribution < -0.4 is 10.2 Å². The fourth-order valence-electron chi connectivity index (χ4n) is 3.68. The van der Waals surface area contributed by atoms with E-state index < -0.39 is 0 Å². The topological polar surface area (TPSA) is 46.0 Å². The number of benzene rings is 1. The first kappa shape index (κ1) is 15.3. The monoisotopic (exact) mass is 341 g/mol. The number of fused-ring (bicyclic) bond motifs is 4. The Morgan fingerprint density at radius 1 is 1.25 bits per heavy atom. The highest BCUT2D eigenvalue weighted by Crippen LogP contribution is 2.40. The number of aryl methyl sites for hydroxylation is 1. The van der Waals surface area contributed by atoms with E-state index >= 15 is 0 Å². The SMILES string of the molecule is CCC1Nc2c(Cl)ncnc2N(C)Cc2c1c1ccccc1n2C. The lowest BCUT2D eigenvalue weighted by Crippen LogP contribution is -2.26.